The standard InChI is InChI=1S/C27H37IN4O5S/c1-17-23(38-16-30-17)19-7-5-18(6-8-19)14-29-25(35)21-13-20(33)15-32(21)26(36)24(27(2,3)4)31-22(34)9-11-37-12-10-28/h5-8,16,20-21,24,33H,9-15H2,1-4H3,(H,29,35)(H,31,34)/t20-,21+,24-/m1/s1. The molecule has 9 nitrogen and oxygen atoms in total. The molecule has 1 aliphatic rings. The fourth-order valence-corrected chi connectivity index (χ4v) is 5.46. The van der Waals surface area contributed by atoms with E-state index in [1.54, 1.807) is 11.3 Å². The Morgan fingerprint density at radius 3 is 2.55 bits per heavy atom. The van der Waals surface area contributed by atoms with Crippen LogP contribution in [0.1, 0.15) is 44.9 Å². The fourth-order valence-electron chi connectivity index (χ4n) is 4.33. The minimum atomic E-state index is -0.845. The second kappa shape index (κ2) is 13.8. The van der Waals surface area contributed by atoms with E-state index in [-0.39, 0.29) is 43.7 Å². The Balaban J connectivity index is 1.63. The Morgan fingerprint density at radius 2 is 1.95 bits per heavy atom. The van der Waals surface area contributed by atoms with Gasteiger partial charge in [-0.3, -0.25) is 14.4 Å². The van der Waals surface area contributed by atoms with Gasteiger partial charge in [-0.2, -0.15) is 0 Å². The van der Waals surface area contributed by atoms with Crippen LogP contribution in [0.15, 0.2) is 29.8 Å². The molecule has 2 aromatic rings. The Morgan fingerprint density at radius 1 is 1.24 bits per heavy atom. The van der Waals surface area contributed by atoms with Crippen LogP contribution in [0.3, 0.4) is 0 Å². The van der Waals surface area contributed by atoms with E-state index in [4.69, 9.17) is 4.74 Å². The number of nitrogens with zero attached hydrogens (tertiary/aromatic N) is 2. The Bertz CT molecular complexity index is 1100. The van der Waals surface area contributed by atoms with Crippen molar-refractivity contribution in [2.24, 2.45) is 5.41 Å². The van der Waals surface area contributed by atoms with Gasteiger partial charge in [0.2, 0.25) is 17.7 Å². The average Bonchev–Trinajstić information content (AvgIpc) is 3.48. The van der Waals surface area contributed by atoms with E-state index in [9.17, 15) is 19.5 Å². The third kappa shape index (κ3) is 8.20. The summed E-state index contributed by atoms with van der Waals surface area (Å²) in [5.74, 6) is -0.993. The van der Waals surface area contributed by atoms with Gasteiger partial charge < -0.3 is 25.4 Å². The first kappa shape index (κ1) is 30.5. The fraction of sp³-hybridized carbons (Fsp3) is 0.556. The molecule has 208 valence electrons. The van der Waals surface area contributed by atoms with Crippen LogP contribution in [-0.2, 0) is 25.7 Å². The summed E-state index contributed by atoms with van der Waals surface area (Å²) in [5, 5.41) is 16.1. The lowest BCUT2D eigenvalue weighted by Gasteiger charge is -2.35. The Hall–Kier alpha value is -2.09. The maximum Gasteiger partial charge on any atom is 0.246 e. The van der Waals surface area contributed by atoms with Crippen LogP contribution in [0.4, 0.5) is 0 Å². The van der Waals surface area contributed by atoms with Gasteiger partial charge in [-0.15, -0.1) is 11.3 Å². The number of aromatic nitrogens is 1. The van der Waals surface area contributed by atoms with Crippen LogP contribution in [0, 0.1) is 12.3 Å². The highest BCUT2D eigenvalue weighted by atomic mass is 127. The lowest BCUT2D eigenvalue weighted by atomic mass is 9.85. The molecule has 0 saturated carbocycles. The highest BCUT2D eigenvalue weighted by molar-refractivity contribution is 14.1. The summed E-state index contributed by atoms with van der Waals surface area (Å²) in [7, 11) is 0. The molecule has 3 amide bonds. The molecule has 1 aliphatic heterocycles. The van der Waals surface area contributed by atoms with Crippen molar-refractivity contribution in [2.75, 3.05) is 24.2 Å². The Kier molecular flexibility index (Phi) is 11.1. The number of aliphatic hydroxyl groups excluding tert-OH is 1. The molecule has 0 radical (unpaired) electrons. The van der Waals surface area contributed by atoms with Gasteiger partial charge >= 0.3 is 0 Å². The lowest BCUT2D eigenvalue weighted by molar-refractivity contribution is -0.144. The molecule has 38 heavy (non-hydrogen) atoms. The highest BCUT2D eigenvalue weighted by Gasteiger charge is 2.44. The zero-order chi connectivity index (χ0) is 27.9. The molecule has 3 rings (SSSR count). The number of thiazole rings is 1. The number of carbonyl (C=O) groups excluding carboxylic acids is 3. The number of hydrogen-bond donors (Lipinski definition) is 3. The van der Waals surface area contributed by atoms with Crippen molar-refractivity contribution in [3.05, 3.63) is 41.0 Å². The maximum atomic E-state index is 13.6. The summed E-state index contributed by atoms with van der Waals surface area (Å²) >= 11 is 3.78. The van der Waals surface area contributed by atoms with Crippen molar-refractivity contribution in [2.45, 2.75) is 65.3 Å². The third-order valence-electron chi connectivity index (χ3n) is 6.41. The molecule has 1 saturated heterocycles. The number of aryl methyl sites for hydroxylation is 1. The number of rotatable bonds is 11. The summed E-state index contributed by atoms with van der Waals surface area (Å²) < 4.78 is 6.22. The molecule has 1 aromatic heterocycles. The van der Waals surface area contributed by atoms with Crippen molar-refractivity contribution >= 4 is 51.6 Å². The van der Waals surface area contributed by atoms with Crippen LogP contribution >= 0.6 is 33.9 Å². The first-order valence-corrected chi connectivity index (χ1v) is 15.1. The molecule has 1 aromatic carbocycles. The van der Waals surface area contributed by atoms with Crippen LogP contribution in [0.5, 0.6) is 0 Å². The predicted octanol–water partition coefficient (Wildman–Crippen LogP) is 3.07. The number of β-amino-alcohol motifs (C(OH)–C–C–N with tert-alkyl or cyclic N) is 1. The second-order valence-electron chi connectivity index (χ2n) is 10.5. The van der Waals surface area contributed by atoms with Gasteiger partial charge in [-0.25, -0.2) is 4.98 Å². The van der Waals surface area contributed by atoms with E-state index in [1.165, 1.54) is 4.90 Å². The lowest BCUT2D eigenvalue weighted by Crippen LogP contribution is -2.57. The summed E-state index contributed by atoms with van der Waals surface area (Å²) in [4.78, 5) is 46.1. The minimum Gasteiger partial charge on any atom is -0.391 e. The number of alkyl halides is 1. The van der Waals surface area contributed by atoms with E-state index < -0.39 is 23.6 Å². The zero-order valence-corrected chi connectivity index (χ0v) is 25.3. The molecule has 3 N–H and O–H groups in total. The quantitative estimate of drug-likeness (QED) is 0.194. The van der Waals surface area contributed by atoms with E-state index in [0.717, 1.165) is 26.1 Å². The first-order chi connectivity index (χ1) is 18.0. The second-order valence-corrected chi connectivity index (χ2v) is 12.4. The topological polar surface area (TPSA) is 121 Å². The number of halogens is 1. The molecule has 3 atom stereocenters. The molecule has 1 fully saturated rings. The normalized spacial score (nSPS) is 18.3. The van der Waals surface area contributed by atoms with E-state index in [2.05, 4.69) is 38.2 Å². The number of nitrogens with one attached hydrogen (secondary N) is 2. The number of ether oxygens (including phenoxy) is 1. The summed E-state index contributed by atoms with van der Waals surface area (Å²) in [6, 6.07) is 6.25. The summed E-state index contributed by atoms with van der Waals surface area (Å²) in [6.45, 7) is 8.74. The number of hydrogen-bond acceptors (Lipinski definition) is 7. The monoisotopic (exact) mass is 656 g/mol. The molecular formula is C27H37IN4O5S. The molecule has 11 heteroatoms. The number of likely N-dealkylation sites (tertiary alicyclic amines) is 1. The molecule has 0 bridgehead atoms. The van der Waals surface area contributed by atoms with E-state index in [0.29, 0.717) is 13.2 Å². The number of amides is 3. The number of carbonyl (C=O) groups is 3. The van der Waals surface area contributed by atoms with Crippen molar-refractivity contribution < 1.29 is 24.2 Å². The first-order valence-electron chi connectivity index (χ1n) is 12.7. The van der Waals surface area contributed by atoms with E-state index >= 15 is 0 Å². The van der Waals surface area contributed by atoms with Gasteiger partial charge in [0.25, 0.3) is 0 Å². The molecule has 0 aliphatic carbocycles. The van der Waals surface area contributed by atoms with Crippen molar-refractivity contribution in [1.29, 1.82) is 0 Å². The summed E-state index contributed by atoms with van der Waals surface area (Å²) in [5.41, 5.74) is 4.20. The van der Waals surface area contributed by atoms with Crippen molar-refractivity contribution in [1.82, 2.24) is 20.5 Å². The Labute approximate surface area is 241 Å². The smallest absolute Gasteiger partial charge is 0.246 e. The largest absolute Gasteiger partial charge is 0.391 e. The van der Waals surface area contributed by atoms with Crippen LogP contribution in [0.25, 0.3) is 10.4 Å². The van der Waals surface area contributed by atoms with Crippen LogP contribution in [-0.4, -0.2) is 75.1 Å². The van der Waals surface area contributed by atoms with Gasteiger partial charge in [0.15, 0.2) is 0 Å². The van der Waals surface area contributed by atoms with Crippen molar-refractivity contribution in [3.63, 3.8) is 0 Å². The number of benzene rings is 1. The van der Waals surface area contributed by atoms with Crippen molar-refractivity contribution in [3.8, 4) is 10.4 Å². The highest BCUT2D eigenvalue weighted by Crippen LogP contribution is 2.28. The number of aliphatic hydroxyl groups is 1. The molecule has 0 unspecified atom stereocenters. The van der Waals surface area contributed by atoms with Crippen LogP contribution in [0.2, 0.25) is 0 Å². The maximum absolute atomic E-state index is 13.6. The molecule has 2 heterocycles. The van der Waals surface area contributed by atoms with Gasteiger partial charge in [-0.1, -0.05) is 67.6 Å². The zero-order valence-electron chi connectivity index (χ0n) is 22.3. The molecule has 0 spiro atoms. The van der Waals surface area contributed by atoms with E-state index in [1.807, 2.05) is 57.5 Å². The average molecular weight is 657 g/mol. The minimum absolute atomic E-state index is 0.0427. The van der Waals surface area contributed by atoms with Crippen LogP contribution < -0.4 is 10.6 Å². The van der Waals surface area contributed by atoms with Gasteiger partial charge in [0, 0.05) is 30.4 Å². The van der Waals surface area contributed by atoms with Gasteiger partial charge in [0.05, 0.1) is 35.4 Å². The molecular weight excluding hydrogens is 619 g/mol. The third-order valence-corrected chi connectivity index (χ3v) is 7.82. The predicted molar refractivity (Wildman–Crippen MR) is 156 cm³/mol. The van der Waals surface area contributed by atoms with Gasteiger partial charge in [-0.05, 0) is 23.5 Å². The SMILES string of the molecule is Cc1ncsc1-c1ccc(CNC(=O)[C@@H]2C[C@@H](O)CN2C(=O)[C@@H](NC(=O)CCOCCI)C(C)(C)C)cc1. The van der Waals surface area contributed by atoms with Gasteiger partial charge in [0.1, 0.15) is 12.1 Å². The summed E-state index contributed by atoms with van der Waals surface area (Å²) in [6.07, 6.45) is -0.518.